The highest BCUT2D eigenvalue weighted by Crippen LogP contribution is 2.42. The normalized spacial score (nSPS) is 14.3. The number of carboxylic acid groups (broad SMARTS) is 1. The van der Waals surface area contributed by atoms with Crippen molar-refractivity contribution in [1.29, 1.82) is 0 Å². The van der Waals surface area contributed by atoms with E-state index in [1.165, 1.54) is 0 Å². The van der Waals surface area contributed by atoms with Crippen LogP contribution >= 0.6 is 0 Å². The minimum Gasteiger partial charge on any atom is -0.486 e. The molecule has 0 aromatic heterocycles. The van der Waals surface area contributed by atoms with Crippen LogP contribution in [0.3, 0.4) is 0 Å². The van der Waals surface area contributed by atoms with Gasteiger partial charge in [0.05, 0.1) is 6.42 Å². The van der Waals surface area contributed by atoms with Crippen LogP contribution in [0.5, 0.6) is 11.5 Å². The van der Waals surface area contributed by atoms with E-state index in [9.17, 15) is 9.18 Å². The van der Waals surface area contributed by atoms with Gasteiger partial charge in [-0.15, -0.1) is 0 Å². The lowest BCUT2D eigenvalue weighted by Gasteiger charge is -2.29. The molecule has 19 heavy (non-hydrogen) atoms. The van der Waals surface area contributed by atoms with Crippen LogP contribution in [-0.4, -0.2) is 24.3 Å². The molecule has 5 heteroatoms. The zero-order valence-corrected chi connectivity index (χ0v) is 11.0. The predicted molar refractivity (Wildman–Crippen MR) is 67.5 cm³/mol. The SMILES string of the molecule is CC(C)(CC(=O)O)c1cc(CF)cc2c1OCCO2. The molecule has 0 bridgehead atoms. The monoisotopic (exact) mass is 268 g/mol. The molecule has 1 aromatic rings. The van der Waals surface area contributed by atoms with Crippen molar-refractivity contribution in [1.82, 2.24) is 0 Å². The van der Waals surface area contributed by atoms with Gasteiger partial charge in [0.15, 0.2) is 11.5 Å². The average Bonchev–Trinajstić information content (AvgIpc) is 2.35. The Morgan fingerprint density at radius 2 is 2.05 bits per heavy atom. The van der Waals surface area contributed by atoms with Crippen LogP contribution in [0.4, 0.5) is 4.39 Å². The number of carbonyl (C=O) groups is 1. The molecule has 0 unspecified atom stereocenters. The third-order valence-electron chi connectivity index (χ3n) is 3.18. The third kappa shape index (κ3) is 2.80. The number of carboxylic acids is 1. The van der Waals surface area contributed by atoms with Crippen LogP contribution in [0.1, 0.15) is 31.4 Å². The number of halogens is 1. The van der Waals surface area contributed by atoms with Gasteiger partial charge >= 0.3 is 5.97 Å². The molecule has 0 aliphatic carbocycles. The van der Waals surface area contributed by atoms with Gasteiger partial charge in [-0.05, 0) is 17.7 Å². The number of benzene rings is 1. The van der Waals surface area contributed by atoms with E-state index in [4.69, 9.17) is 14.6 Å². The van der Waals surface area contributed by atoms with Gasteiger partial charge in [-0.1, -0.05) is 13.8 Å². The maximum Gasteiger partial charge on any atom is 0.304 e. The van der Waals surface area contributed by atoms with Crippen LogP contribution < -0.4 is 9.47 Å². The molecule has 104 valence electrons. The maximum atomic E-state index is 12.9. The molecule has 1 heterocycles. The smallest absolute Gasteiger partial charge is 0.304 e. The molecule has 0 radical (unpaired) electrons. The van der Waals surface area contributed by atoms with E-state index in [1.807, 2.05) is 0 Å². The first-order valence-corrected chi connectivity index (χ1v) is 6.15. The fourth-order valence-corrected chi connectivity index (χ4v) is 2.26. The minimum atomic E-state index is -0.902. The van der Waals surface area contributed by atoms with E-state index in [-0.39, 0.29) is 6.42 Å². The first-order valence-electron chi connectivity index (χ1n) is 6.15. The van der Waals surface area contributed by atoms with E-state index < -0.39 is 18.1 Å². The van der Waals surface area contributed by atoms with Crippen LogP contribution in [0, 0.1) is 0 Å². The minimum absolute atomic E-state index is 0.0570. The van der Waals surface area contributed by atoms with E-state index in [0.717, 1.165) is 0 Å². The molecule has 0 atom stereocenters. The van der Waals surface area contributed by atoms with Crippen LogP contribution in [0.2, 0.25) is 0 Å². The third-order valence-corrected chi connectivity index (χ3v) is 3.18. The second kappa shape index (κ2) is 5.07. The predicted octanol–water partition coefficient (Wildman–Crippen LogP) is 2.68. The Bertz CT molecular complexity index is 496. The number of fused-ring (bicyclic) bond motifs is 1. The fourth-order valence-electron chi connectivity index (χ4n) is 2.26. The van der Waals surface area contributed by atoms with Gasteiger partial charge in [-0.3, -0.25) is 4.79 Å². The van der Waals surface area contributed by atoms with Crippen LogP contribution in [-0.2, 0) is 16.9 Å². The zero-order valence-electron chi connectivity index (χ0n) is 11.0. The maximum absolute atomic E-state index is 12.9. The molecule has 0 saturated heterocycles. The van der Waals surface area contributed by atoms with Gasteiger partial charge in [-0.2, -0.15) is 0 Å². The largest absolute Gasteiger partial charge is 0.486 e. The lowest BCUT2D eigenvalue weighted by Crippen LogP contribution is -2.25. The van der Waals surface area contributed by atoms with Crippen molar-refractivity contribution in [3.8, 4) is 11.5 Å². The summed E-state index contributed by atoms with van der Waals surface area (Å²) in [7, 11) is 0. The summed E-state index contributed by atoms with van der Waals surface area (Å²) in [5, 5.41) is 8.99. The van der Waals surface area contributed by atoms with E-state index >= 15 is 0 Å². The Kier molecular flexibility index (Phi) is 3.64. The summed E-state index contributed by atoms with van der Waals surface area (Å²) >= 11 is 0. The van der Waals surface area contributed by atoms with Crippen molar-refractivity contribution in [3.63, 3.8) is 0 Å². The average molecular weight is 268 g/mol. The molecule has 2 rings (SSSR count). The highest BCUT2D eigenvalue weighted by molar-refractivity contribution is 5.69. The molecule has 1 aromatic carbocycles. The molecular formula is C14H17FO4. The zero-order chi connectivity index (χ0) is 14.0. The number of ether oxygens (including phenoxy) is 2. The van der Waals surface area contributed by atoms with Gasteiger partial charge in [0.25, 0.3) is 0 Å². The van der Waals surface area contributed by atoms with E-state index in [2.05, 4.69) is 0 Å². The Morgan fingerprint density at radius 3 is 2.68 bits per heavy atom. The summed E-state index contributed by atoms with van der Waals surface area (Å²) in [6.45, 7) is 3.82. The molecule has 0 amide bonds. The summed E-state index contributed by atoms with van der Waals surface area (Å²) in [6.07, 6.45) is -0.0570. The summed E-state index contributed by atoms with van der Waals surface area (Å²) in [4.78, 5) is 11.0. The highest BCUT2D eigenvalue weighted by Gasteiger charge is 2.31. The molecule has 0 fully saturated rings. The Balaban J connectivity index is 2.51. The molecule has 1 aliphatic heterocycles. The van der Waals surface area contributed by atoms with Crippen molar-refractivity contribution in [2.24, 2.45) is 0 Å². The van der Waals surface area contributed by atoms with Crippen LogP contribution in [0.15, 0.2) is 12.1 Å². The first-order chi connectivity index (χ1) is 8.94. The number of aliphatic carboxylic acids is 1. The molecular weight excluding hydrogens is 251 g/mol. The van der Waals surface area contributed by atoms with Crippen LogP contribution in [0.25, 0.3) is 0 Å². The van der Waals surface area contributed by atoms with Gasteiger partial charge in [0.1, 0.15) is 19.9 Å². The standard InChI is InChI=1S/C14H17FO4/c1-14(2,7-12(16)17)10-5-9(8-15)6-11-13(10)19-4-3-18-11/h5-6H,3-4,7-8H2,1-2H3,(H,16,17). The van der Waals surface area contributed by atoms with Gasteiger partial charge < -0.3 is 14.6 Å². The molecule has 0 spiro atoms. The number of rotatable bonds is 4. The van der Waals surface area contributed by atoms with Crippen molar-refractivity contribution in [2.45, 2.75) is 32.4 Å². The molecule has 1 N–H and O–H groups in total. The first kappa shape index (κ1) is 13.6. The van der Waals surface area contributed by atoms with E-state index in [0.29, 0.717) is 35.8 Å². The fraction of sp³-hybridized carbons (Fsp3) is 0.500. The number of hydrogen-bond donors (Lipinski definition) is 1. The second-order valence-corrected chi connectivity index (χ2v) is 5.26. The topological polar surface area (TPSA) is 55.8 Å². The van der Waals surface area contributed by atoms with Gasteiger partial charge in [-0.25, -0.2) is 4.39 Å². The Morgan fingerprint density at radius 1 is 1.37 bits per heavy atom. The Labute approximate surface area is 111 Å². The number of alkyl halides is 1. The summed E-state index contributed by atoms with van der Waals surface area (Å²) in [5.74, 6) is 0.130. The van der Waals surface area contributed by atoms with Gasteiger partial charge in [0, 0.05) is 11.0 Å². The molecule has 0 saturated carbocycles. The van der Waals surface area contributed by atoms with Gasteiger partial charge in [0.2, 0.25) is 0 Å². The highest BCUT2D eigenvalue weighted by atomic mass is 19.1. The molecule has 1 aliphatic rings. The molecule has 4 nitrogen and oxygen atoms in total. The summed E-state index contributed by atoms with van der Waals surface area (Å²) in [5.41, 5.74) is 0.499. The number of hydrogen-bond acceptors (Lipinski definition) is 3. The Hall–Kier alpha value is -1.78. The quantitative estimate of drug-likeness (QED) is 0.912. The summed E-state index contributed by atoms with van der Waals surface area (Å²) < 4.78 is 24.0. The van der Waals surface area contributed by atoms with Crippen molar-refractivity contribution < 1.29 is 23.8 Å². The second-order valence-electron chi connectivity index (χ2n) is 5.26. The van der Waals surface area contributed by atoms with Crippen molar-refractivity contribution >= 4 is 5.97 Å². The van der Waals surface area contributed by atoms with E-state index in [1.54, 1.807) is 26.0 Å². The van der Waals surface area contributed by atoms with Crippen molar-refractivity contribution in [2.75, 3.05) is 13.2 Å². The summed E-state index contributed by atoms with van der Waals surface area (Å²) in [6, 6.07) is 3.27. The lowest BCUT2D eigenvalue weighted by atomic mass is 9.80. The van der Waals surface area contributed by atoms with Crippen molar-refractivity contribution in [3.05, 3.63) is 23.3 Å². The lowest BCUT2D eigenvalue weighted by molar-refractivity contribution is -0.138.